The van der Waals surface area contributed by atoms with Crippen LogP contribution in [0.25, 0.3) is 0 Å². The third-order valence-corrected chi connectivity index (χ3v) is 6.89. The molecule has 0 amide bonds. The lowest BCUT2D eigenvalue weighted by Gasteiger charge is -2.32. The standard InChI is InChI=1S/C23H36ClN5O.HI/c1-3-25-23(29-9-7-21(17-29)27-10-12-30-13-11-27)26-15-19-6-8-28(16-19)22-14-20(24)5-4-18(22)2;/h4-5,14,19,21H,3,6-13,15-17H2,1-2H3,(H,25,26);1H. The van der Waals surface area contributed by atoms with Crippen molar-refractivity contribution in [3.05, 3.63) is 28.8 Å². The fraction of sp³-hybridized carbons (Fsp3) is 0.696. The molecule has 0 spiro atoms. The Balaban J connectivity index is 0.00000272. The van der Waals surface area contributed by atoms with E-state index in [9.17, 15) is 0 Å². The molecule has 0 bridgehead atoms. The Morgan fingerprint density at radius 2 is 1.97 bits per heavy atom. The molecule has 174 valence electrons. The highest BCUT2D eigenvalue weighted by molar-refractivity contribution is 14.0. The van der Waals surface area contributed by atoms with Gasteiger partial charge in [0.2, 0.25) is 0 Å². The second kappa shape index (κ2) is 11.9. The largest absolute Gasteiger partial charge is 0.379 e. The van der Waals surface area contributed by atoms with E-state index in [2.05, 4.69) is 46.0 Å². The maximum absolute atomic E-state index is 6.24. The molecule has 6 nitrogen and oxygen atoms in total. The van der Waals surface area contributed by atoms with Crippen molar-refractivity contribution in [1.82, 2.24) is 15.1 Å². The molecule has 0 radical (unpaired) electrons. The number of hydrogen-bond acceptors (Lipinski definition) is 4. The molecule has 2 unspecified atom stereocenters. The third-order valence-electron chi connectivity index (χ3n) is 6.66. The van der Waals surface area contributed by atoms with Crippen molar-refractivity contribution in [3.8, 4) is 0 Å². The summed E-state index contributed by atoms with van der Waals surface area (Å²) in [6.07, 6.45) is 2.40. The third kappa shape index (κ3) is 6.39. The van der Waals surface area contributed by atoms with Crippen molar-refractivity contribution < 1.29 is 4.74 Å². The van der Waals surface area contributed by atoms with Gasteiger partial charge in [-0.25, -0.2) is 0 Å². The first-order valence-corrected chi connectivity index (χ1v) is 11.9. The molecular formula is C23H37ClIN5O. The van der Waals surface area contributed by atoms with Crippen LogP contribution < -0.4 is 10.2 Å². The Hall–Kier alpha value is -0.770. The van der Waals surface area contributed by atoms with Gasteiger partial charge in [0.1, 0.15) is 0 Å². The van der Waals surface area contributed by atoms with E-state index >= 15 is 0 Å². The van der Waals surface area contributed by atoms with Crippen molar-refractivity contribution >= 4 is 47.2 Å². The Morgan fingerprint density at radius 1 is 1.16 bits per heavy atom. The lowest BCUT2D eigenvalue weighted by Crippen LogP contribution is -2.46. The van der Waals surface area contributed by atoms with Crippen molar-refractivity contribution in [3.63, 3.8) is 0 Å². The SMILES string of the molecule is CCNC(=NCC1CCN(c2cc(Cl)ccc2C)C1)N1CCC(N2CCOCC2)C1.I. The van der Waals surface area contributed by atoms with E-state index < -0.39 is 0 Å². The van der Waals surface area contributed by atoms with Gasteiger partial charge >= 0.3 is 0 Å². The van der Waals surface area contributed by atoms with E-state index in [1.165, 1.54) is 24.1 Å². The molecule has 8 heteroatoms. The molecule has 1 N–H and O–H groups in total. The van der Waals surface area contributed by atoms with Gasteiger partial charge in [-0.05, 0) is 50.3 Å². The zero-order chi connectivity index (χ0) is 20.9. The first kappa shape index (κ1) is 24.9. The fourth-order valence-corrected chi connectivity index (χ4v) is 5.11. The van der Waals surface area contributed by atoms with Crippen LogP contribution in [-0.2, 0) is 4.74 Å². The Kier molecular flexibility index (Phi) is 9.55. The number of nitrogens with one attached hydrogen (secondary N) is 1. The minimum atomic E-state index is 0. The summed E-state index contributed by atoms with van der Waals surface area (Å²) in [5, 5.41) is 4.35. The quantitative estimate of drug-likeness (QED) is 0.339. The summed E-state index contributed by atoms with van der Waals surface area (Å²) in [6, 6.07) is 6.82. The van der Waals surface area contributed by atoms with Crippen molar-refractivity contribution in [1.29, 1.82) is 0 Å². The van der Waals surface area contributed by atoms with E-state index in [-0.39, 0.29) is 24.0 Å². The molecule has 0 aromatic heterocycles. The first-order valence-electron chi connectivity index (χ1n) is 11.5. The number of halogens is 2. The van der Waals surface area contributed by atoms with Crippen molar-refractivity contribution in [2.75, 3.05) is 70.5 Å². The van der Waals surface area contributed by atoms with Gasteiger partial charge < -0.3 is 19.9 Å². The molecule has 1 aromatic carbocycles. The van der Waals surface area contributed by atoms with Crippen LogP contribution in [0.2, 0.25) is 5.02 Å². The Morgan fingerprint density at radius 3 is 2.74 bits per heavy atom. The summed E-state index contributed by atoms with van der Waals surface area (Å²) in [7, 11) is 0. The molecule has 3 aliphatic rings. The summed E-state index contributed by atoms with van der Waals surface area (Å²) < 4.78 is 5.52. The van der Waals surface area contributed by atoms with E-state index in [0.717, 1.165) is 76.6 Å². The minimum Gasteiger partial charge on any atom is -0.379 e. The molecule has 3 saturated heterocycles. The summed E-state index contributed by atoms with van der Waals surface area (Å²) in [5.41, 5.74) is 2.57. The Bertz CT molecular complexity index is 743. The zero-order valence-corrected chi connectivity index (χ0v) is 21.9. The number of anilines is 1. The molecule has 31 heavy (non-hydrogen) atoms. The summed E-state index contributed by atoms with van der Waals surface area (Å²) in [4.78, 5) is 12.6. The van der Waals surface area contributed by atoms with Gasteiger partial charge in [0.25, 0.3) is 0 Å². The Labute approximate surface area is 209 Å². The van der Waals surface area contributed by atoms with Crippen LogP contribution in [0.15, 0.2) is 23.2 Å². The lowest BCUT2D eigenvalue weighted by molar-refractivity contribution is 0.0195. The number of aliphatic imine (C=N–C) groups is 1. The predicted molar refractivity (Wildman–Crippen MR) is 140 cm³/mol. The number of aryl methyl sites for hydroxylation is 1. The van der Waals surface area contributed by atoms with Crippen LogP contribution in [0.5, 0.6) is 0 Å². The molecule has 0 aliphatic carbocycles. The van der Waals surface area contributed by atoms with Gasteiger partial charge in [0.05, 0.1) is 13.2 Å². The second-order valence-corrected chi connectivity index (χ2v) is 9.20. The van der Waals surface area contributed by atoms with E-state index in [0.29, 0.717) is 12.0 Å². The molecule has 4 rings (SSSR count). The van der Waals surface area contributed by atoms with Gasteiger partial charge in [-0.3, -0.25) is 9.89 Å². The van der Waals surface area contributed by atoms with Crippen molar-refractivity contribution in [2.24, 2.45) is 10.9 Å². The molecule has 3 fully saturated rings. The normalized spacial score (nSPS) is 25.1. The average molecular weight is 562 g/mol. The van der Waals surface area contributed by atoms with Gasteiger partial charge in [-0.1, -0.05) is 17.7 Å². The summed E-state index contributed by atoms with van der Waals surface area (Å²) in [5.74, 6) is 1.68. The van der Waals surface area contributed by atoms with Crippen LogP contribution in [0.1, 0.15) is 25.3 Å². The maximum Gasteiger partial charge on any atom is 0.193 e. The highest BCUT2D eigenvalue weighted by Crippen LogP contribution is 2.29. The average Bonchev–Trinajstić information content (AvgIpc) is 3.43. The zero-order valence-electron chi connectivity index (χ0n) is 18.9. The number of morpholine rings is 1. The number of ether oxygens (including phenoxy) is 1. The van der Waals surface area contributed by atoms with Crippen LogP contribution in [-0.4, -0.2) is 87.4 Å². The summed E-state index contributed by atoms with van der Waals surface area (Å²) in [6.45, 7) is 14.3. The van der Waals surface area contributed by atoms with E-state index in [1.807, 2.05) is 6.07 Å². The second-order valence-electron chi connectivity index (χ2n) is 8.76. The number of benzene rings is 1. The fourth-order valence-electron chi connectivity index (χ4n) is 4.94. The number of guanidine groups is 1. The van der Waals surface area contributed by atoms with Crippen LogP contribution in [0.4, 0.5) is 5.69 Å². The molecule has 2 atom stereocenters. The highest BCUT2D eigenvalue weighted by Gasteiger charge is 2.30. The van der Waals surface area contributed by atoms with Gasteiger partial charge in [0, 0.05) is 69.1 Å². The lowest BCUT2D eigenvalue weighted by atomic mass is 10.1. The monoisotopic (exact) mass is 561 g/mol. The van der Waals surface area contributed by atoms with E-state index in [1.54, 1.807) is 0 Å². The number of likely N-dealkylation sites (tertiary alicyclic amines) is 1. The number of nitrogens with zero attached hydrogens (tertiary/aromatic N) is 4. The summed E-state index contributed by atoms with van der Waals surface area (Å²) >= 11 is 6.24. The van der Waals surface area contributed by atoms with E-state index in [4.69, 9.17) is 21.3 Å². The molecule has 3 heterocycles. The number of rotatable bonds is 5. The minimum absolute atomic E-state index is 0. The highest BCUT2D eigenvalue weighted by atomic mass is 127. The number of hydrogen-bond donors (Lipinski definition) is 1. The van der Waals surface area contributed by atoms with Crippen LogP contribution in [0, 0.1) is 12.8 Å². The first-order chi connectivity index (χ1) is 14.6. The van der Waals surface area contributed by atoms with Gasteiger partial charge in [0.15, 0.2) is 5.96 Å². The van der Waals surface area contributed by atoms with Crippen LogP contribution >= 0.6 is 35.6 Å². The molecular weight excluding hydrogens is 525 g/mol. The topological polar surface area (TPSA) is 43.3 Å². The van der Waals surface area contributed by atoms with Gasteiger partial charge in [-0.2, -0.15) is 0 Å². The molecule has 3 aliphatic heterocycles. The predicted octanol–water partition coefficient (Wildman–Crippen LogP) is 3.46. The maximum atomic E-state index is 6.24. The van der Waals surface area contributed by atoms with Gasteiger partial charge in [-0.15, -0.1) is 24.0 Å². The molecule has 0 saturated carbocycles. The van der Waals surface area contributed by atoms with Crippen molar-refractivity contribution in [2.45, 2.75) is 32.7 Å². The van der Waals surface area contributed by atoms with Crippen LogP contribution in [0.3, 0.4) is 0 Å². The molecule has 1 aromatic rings. The smallest absolute Gasteiger partial charge is 0.193 e.